The number of benzene rings is 1. The van der Waals surface area contributed by atoms with Gasteiger partial charge in [0.1, 0.15) is 5.75 Å². The van der Waals surface area contributed by atoms with Crippen molar-refractivity contribution < 1.29 is 9.84 Å². The Labute approximate surface area is 126 Å². The predicted molar refractivity (Wildman–Crippen MR) is 84.8 cm³/mol. The predicted octanol–water partition coefficient (Wildman–Crippen LogP) is 4.53. The number of hydrogen-bond donors (Lipinski definition) is 1. The van der Waals surface area contributed by atoms with Gasteiger partial charge in [-0.25, -0.2) is 4.98 Å². The molecule has 0 bridgehead atoms. The summed E-state index contributed by atoms with van der Waals surface area (Å²) in [6, 6.07) is 9.76. The lowest BCUT2D eigenvalue weighted by atomic mass is 9.86. The van der Waals surface area contributed by atoms with E-state index in [2.05, 4.69) is 37.9 Å². The van der Waals surface area contributed by atoms with Crippen LogP contribution < -0.4 is 4.74 Å². The zero-order valence-electron chi connectivity index (χ0n) is 13.3. The van der Waals surface area contributed by atoms with Gasteiger partial charge in [0.2, 0.25) is 5.88 Å². The van der Waals surface area contributed by atoms with Gasteiger partial charge in [0.25, 0.3) is 0 Å². The summed E-state index contributed by atoms with van der Waals surface area (Å²) in [5, 5.41) is 9.61. The molecule has 3 nitrogen and oxygen atoms in total. The molecule has 1 N–H and O–H groups in total. The number of ether oxygens (including phenoxy) is 1. The first kappa shape index (κ1) is 15.5. The SMILES string of the molecule is Cc1cc(C(C)(C)C)ccc1Oc1cc([C@H](C)O)ccn1. The lowest BCUT2D eigenvalue weighted by Crippen LogP contribution is -2.11. The molecule has 1 heterocycles. The van der Waals surface area contributed by atoms with E-state index in [4.69, 9.17) is 4.74 Å². The molecule has 0 saturated heterocycles. The lowest BCUT2D eigenvalue weighted by molar-refractivity contribution is 0.198. The summed E-state index contributed by atoms with van der Waals surface area (Å²) in [5.41, 5.74) is 3.27. The smallest absolute Gasteiger partial charge is 0.219 e. The molecule has 0 aliphatic rings. The Morgan fingerprint density at radius 1 is 1.14 bits per heavy atom. The van der Waals surface area contributed by atoms with Gasteiger partial charge in [-0.3, -0.25) is 0 Å². The quantitative estimate of drug-likeness (QED) is 0.900. The van der Waals surface area contributed by atoms with E-state index in [-0.39, 0.29) is 5.41 Å². The molecule has 2 aromatic rings. The van der Waals surface area contributed by atoms with Gasteiger partial charge in [0, 0.05) is 12.3 Å². The van der Waals surface area contributed by atoms with Crippen LogP contribution in [0.4, 0.5) is 0 Å². The van der Waals surface area contributed by atoms with Crippen LogP contribution in [0, 0.1) is 6.92 Å². The van der Waals surface area contributed by atoms with Crippen molar-refractivity contribution in [2.45, 2.75) is 46.1 Å². The van der Waals surface area contributed by atoms with Crippen LogP contribution in [0.1, 0.15) is 50.5 Å². The van der Waals surface area contributed by atoms with E-state index in [1.54, 1.807) is 25.3 Å². The minimum Gasteiger partial charge on any atom is -0.439 e. The molecule has 1 aromatic heterocycles. The number of hydrogen-bond acceptors (Lipinski definition) is 3. The van der Waals surface area contributed by atoms with Gasteiger partial charge >= 0.3 is 0 Å². The van der Waals surface area contributed by atoms with Gasteiger partial charge in [-0.2, -0.15) is 0 Å². The fourth-order valence-corrected chi connectivity index (χ4v) is 2.08. The number of aliphatic hydroxyl groups excluding tert-OH is 1. The third kappa shape index (κ3) is 3.82. The highest BCUT2D eigenvalue weighted by molar-refractivity contribution is 5.40. The fraction of sp³-hybridized carbons (Fsp3) is 0.389. The summed E-state index contributed by atoms with van der Waals surface area (Å²) in [6.45, 7) is 10.3. The number of rotatable bonds is 3. The minimum absolute atomic E-state index is 0.119. The summed E-state index contributed by atoms with van der Waals surface area (Å²) >= 11 is 0. The molecule has 21 heavy (non-hydrogen) atoms. The fourth-order valence-electron chi connectivity index (χ4n) is 2.08. The third-order valence-corrected chi connectivity index (χ3v) is 3.50. The van der Waals surface area contributed by atoms with Gasteiger partial charge in [0.05, 0.1) is 6.10 Å². The van der Waals surface area contributed by atoms with Crippen LogP contribution in [0.3, 0.4) is 0 Å². The Hall–Kier alpha value is -1.87. The topological polar surface area (TPSA) is 42.4 Å². The molecule has 0 saturated carbocycles. The Balaban J connectivity index is 2.26. The van der Waals surface area contributed by atoms with Crippen molar-refractivity contribution in [2.24, 2.45) is 0 Å². The number of aromatic nitrogens is 1. The van der Waals surface area contributed by atoms with E-state index >= 15 is 0 Å². The zero-order valence-corrected chi connectivity index (χ0v) is 13.3. The molecule has 0 spiro atoms. The molecular formula is C18H23NO2. The van der Waals surface area contributed by atoms with E-state index in [0.717, 1.165) is 16.9 Å². The first-order valence-electron chi connectivity index (χ1n) is 7.20. The largest absolute Gasteiger partial charge is 0.439 e. The van der Waals surface area contributed by atoms with Crippen molar-refractivity contribution in [3.05, 3.63) is 53.2 Å². The average Bonchev–Trinajstić information content (AvgIpc) is 2.40. The van der Waals surface area contributed by atoms with E-state index in [1.807, 2.05) is 13.0 Å². The van der Waals surface area contributed by atoms with Crippen LogP contribution in [-0.4, -0.2) is 10.1 Å². The van der Waals surface area contributed by atoms with Crippen molar-refractivity contribution in [1.82, 2.24) is 4.98 Å². The minimum atomic E-state index is -0.528. The molecule has 112 valence electrons. The van der Waals surface area contributed by atoms with Crippen molar-refractivity contribution in [3.63, 3.8) is 0 Å². The monoisotopic (exact) mass is 285 g/mol. The summed E-state index contributed by atoms with van der Waals surface area (Å²) in [7, 11) is 0. The van der Waals surface area contributed by atoms with Crippen molar-refractivity contribution in [1.29, 1.82) is 0 Å². The second-order valence-corrected chi connectivity index (χ2v) is 6.44. The number of aryl methyl sites for hydroxylation is 1. The molecule has 0 unspecified atom stereocenters. The van der Waals surface area contributed by atoms with Gasteiger partial charge in [-0.05, 0) is 48.1 Å². The molecule has 0 aliphatic carbocycles. The molecule has 3 heteroatoms. The van der Waals surface area contributed by atoms with E-state index in [9.17, 15) is 5.11 Å². The Kier molecular flexibility index (Phi) is 4.33. The first-order chi connectivity index (χ1) is 9.77. The van der Waals surface area contributed by atoms with Crippen molar-refractivity contribution >= 4 is 0 Å². The van der Waals surface area contributed by atoms with E-state index < -0.39 is 6.10 Å². The maximum Gasteiger partial charge on any atom is 0.219 e. The van der Waals surface area contributed by atoms with Crippen molar-refractivity contribution in [3.8, 4) is 11.6 Å². The number of pyridine rings is 1. The third-order valence-electron chi connectivity index (χ3n) is 3.50. The van der Waals surface area contributed by atoms with Gasteiger partial charge < -0.3 is 9.84 Å². The normalized spacial score (nSPS) is 13.0. The molecule has 0 radical (unpaired) electrons. The van der Waals surface area contributed by atoms with Crippen LogP contribution >= 0.6 is 0 Å². The highest BCUT2D eigenvalue weighted by atomic mass is 16.5. The second-order valence-electron chi connectivity index (χ2n) is 6.44. The lowest BCUT2D eigenvalue weighted by Gasteiger charge is -2.20. The Bertz CT molecular complexity index is 627. The number of nitrogens with zero attached hydrogens (tertiary/aromatic N) is 1. The summed E-state index contributed by atoms with van der Waals surface area (Å²) in [4.78, 5) is 4.20. The zero-order chi connectivity index (χ0) is 15.6. The van der Waals surface area contributed by atoms with Crippen LogP contribution in [-0.2, 0) is 5.41 Å². The highest BCUT2D eigenvalue weighted by Gasteiger charge is 2.15. The molecule has 1 aromatic carbocycles. The van der Waals surface area contributed by atoms with Crippen molar-refractivity contribution in [2.75, 3.05) is 0 Å². The number of aliphatic hydroxyl groups is 1. The van der Waals surface area contributed by atoms with E-state index in [0.29, 0.717) is 5.88 Å². The van der Waals surface area contributed by atoms with Crippen LogP contribution in [0.5, 0.6) is 11.6 Å². The molecule has 0 fully saturated rings. The van der Waals surface area contributed by atoms with Crippen LogP contribution in [0.25, 0.3) is 0 Å². The average molecular weight is 285 g/mol. The van der Waals surface area contributed by atoms with Gasteiger partial charge in [-0.15, -0.1) is 0 Å². The maximum absolute atomic E-state index is 9.61. The maximum atomic E-state index is 9.61. The standard InChI is InChI=1S/C18H23NO2/c1-12-10-15(18(3,4)5)6-7-16(12)21-17-11-14(13(2)20)8-9-19-17/h6-11,13,20H,1-5H3/t13-/m0/s1. The first-order valence-corrected chi connectivity index (χ1v) is 7.20. The molecule has 1 atom stereocenters. The molecule has 0 aliphatic heterocycles. The van der Waals surface area contributed by atoms with E-state index in [1.165, 1.54) is 5.56 Å². The highest BCUT2D eigenvalue weighted by Crippen LogP contribution is 2.30. The second kappa shape index (κ2) is 5.86. The molecular weight excluding hydrogens is 262 g/mol. The molecule has 2 rings (SSSR count). The Morgan fingerprint density at radius 3 is 2.43 bits per heavy atom. The summed E-state index contributed by atoms with van der Waals surface area (Å²) < 4.78 is 5.85. The summed E-state index contributed by atoms with van der Waals surface area (Å²) in [6.07, 6.45) is 1.12. The van der Waals surface area contributed by atoms with Gasteiger partial charge in [0.15, 0.2) is 0 Å². The summed E-state index contributed by atoms with van der Waals surface area (Å²) in [5.74, 6) is 1.29. The Morgan fingerprint density at radius 2 is 1.86 bits per heavy atom. The molecule has 0 amide bonds. The van der Waals surface area contributed by atoms with Crippen LogP contribution in [0.15, 0.2) is 36.5 Å². The van der Waals surface area contributed by atoms with Crippen LogP contribution in [0.2, 0.25) is 0 Å². The van der Waals surface area contributed by atoms with Gasteiger partial charge in [-0.1, -0.05) is 32.9 Å².